The normalized spacial score (nSPS) is 23.1. The molecule has 8 nitrogen and oxygen atoms in total. The summed E-state index contributed by atoms with van der Waals surface area (Å²) in [6, 6.07) is 7.52. The number of allylic oxidation sites excluding steroid dienone is 1. The Bertz CT molecular complexity index is 992. The topological polar surface area (TPSA) is 102 Å². The summed E-state index contributed by atoms with van der Waals surface area (Å²) < 4.78 is 21.3. The molecule has 1 aromatic carbocycles. The second-order valence-electron chi connectivity index (χ2n) is 6.63. The van der Waals surface area contributed by atoms with E-state index in [4.69, 9.17) is 44.3 Å². The molecule has 0 saturated carbocycles. The van der Waals surface area contributed by atoms with Crippen LogP contribution in [0.3, 0.4) is 0 Å². The lowest BCUT2D eigenvalue weighted by Crippen LogP contribution is -2.73. The summed E-state index contributed by atoms with van der Waals surface area (Å²) in [7, 11) is -1.76. The van der Waals surface area contributed by atoms with Crippen molar-refractivity contribution in [2.45, 2.75) is 22.1 Å². The highest BCUT2D eigenvalue weighted by Crippen LogP contribution is 2.40. The largest absolute Gasteiger partial charge is 0.484 e. The van der Waals surface area contributed by atoms with E-state index in [0.29, 0.717) is 5.75 Å². The molecule has 166 valence electrons. The summed E-state index contributed by atoms with van der Waals surface area (Å²) in [6.45, 7) is 4.32. The van der Waals surface area contributed by atoms with Gasteiger partial charge in [-0.15, -0.1) is 0 Å². The summed E-state index contributed by atoms with van der Waals surface area (Å²) >= 11 is 16.8. The fourth-order valence-corrected chi connectivity index (χ4v) is 4.70. The van der Waals surface area contributed by atoms with Crippen molar-refractivity contribution in [3.05, 3.63) is 53.1 Å². The third kappa shape index (κ3) is 5.06. The van der Waals surface area contributed by atoms with E-state index < -0.39 is 50.4 Å². The first-order valence-corrected chi connectivity index (χ1v) is 11.2. The molecule has 3 atom stereocenters. The summed E-state index contributed by atoms with van der Waals surface area (Å²) in [6.07, 6.45) is 0. The number of amides is 2. The number of rotatable bonds is 6. The van der Waals surface area contributed by atoms with Gasteiger partial charge in [0, 0.05) is 4.91 Å². The predicted octanol–water partition coefficient (Wildman–Crippen LogP) is 2.18. The van der Waals surface area contributed by atoms with Crippen molar-refractivity contribution in [1.29, 1.82) is 0 Å². The van der Waals surface area contributed by atoms with E-state index >= 15 is 0 Å². The van der Waals surface area contributed by atoms with Gasteiger partial charge in [0.25, 0.3) is 11.8 Å². The molecule has 2 heterocycles. The highest BCUT2D eigenvalue weighted by molar-refractivity contribution is 7.90. The number of esters is 1. The smallest absolute Gasteiger partial charge is 0.355 e. The Hall–Kier alpha value is -2.07. The number of carbonyl (C=O) groups excluding carboxylic acids is 3. The van der Waals surface area contributed by atoms with Crippen LogP contribution in [0.1, 0.15) is 6.92 Å². The molecule has 1 aromatic rings. The third-order valence-corrected chi connectivity index (χ3v) is 6.55. The van der Waals surface area contributed by atoms with Crippen LogP contribution in [-0.4, -0.2) is 55.3 Å². The molecule has 0 bridgehead atoms. The first-order valence-electron chi connectivity index (χ1n) is 8.86. The van der Waals surface area contributed by atoms with Crippen molar-refractivity contribution in [3.8, 4) is 5.75 Å². The zero-order valence-corrected chi connectivity index (χ0v) is 19.2. The molecule has 1 N–H and O–H groups in total. The number of nitrogens with one attached hydrogen (secondary N) is 1. The summed E-state index contributed by atoms with van der Waals surface area (Å²) in [5.41, 5.74) is 0.0642. The monoisotopic (exact) mass is 506 g/mol. The maximum atomic E-state index is 12.8. The van der Waals surface area contributed by atoms with Crippen molar-refractivity contribution in [3.63, 3.8) is 0 Å². The minimum Gasteiger partial charge on any atom is -0.484 e. The van der Waals surface area contributed by atoms with Gasteiger partial charge in [-0.05, 0) is 24.6 Å². The Kier molecular flexibility index (Phi) is 7.00. The SMILES string of the molecule is C=C1C(C)=C(C(=O)OCC(Cl)(Cl)Cl)N2C(=O)C(NC(=O)COc3ccccc3)[C@@H]2S1=O. The molecule has 0 radical (unpaired) electrons. The molecule has 2 amide bonds. The average Bonchev–Trinajstić information content (AvgIpc) is 2.73. The molecule has 1 fully saturated rings. The van der Waals surface area contributed by atoms with E-state index in [1.807, 2.05) is 0 Å². The standard InChI is InChI=1S/C19H17Cl3N2O6S/c1-10-11(2)31(28)17-14(23-13(25)8-29-12-6-4-3-5-7-12)16(26)24(17)15(10)18(27)30-9-19(20,21)22/h3-7,14,17H,2,8-9H2,1H3,(H,23,25)/t14?,17-,31?/m0/s1. The number of halogens is 3. The lowest BCUT2D eigenvalue weighted by molar-refractivity contribution is -0.153. The Morgan fingerprint density at radius 2 is 1.90 bits per heavy atom. The number of carbonyl (C=O) groups is 3. The number of alkyl halides is 3. The summed E-state index contributed by atoms with van der Waals surface area (Å²) in [5, 5.41) is 1.48. The predicted molar refractivity (Wildman–Crippen MR) is 116 cm³/mol. The van der Waals surface area contributed by atoms with Gasteiger partial charge < -0.3 is 14.8 Å². The fraction of sp³-hybridized carbons (Fsp3) is 0.316. The minimum atomic E-state index is -1.84. The van der Waals surface area contributed by atoms with E-state index in [1.165, 1.54) is 6.92 Å². The van der Waals surface area contributed by atoms with Crippen LogP contribution in [0.5, 0.6) is 5.75 Å². The van der Waals surface area contributed by atoms with E-state index in [0.717, 1.165) is 4.90 Å². The molecule has 2 aliphatic heterocycles. The molecule has 1 saturated heterocycles. The molecule has 0 spiro atoms. The van der Waals surface area contributed by atoms with Crippen LogP contribution in [0.25, 0.3) is 0 Å². The van der Waals surface area contributed by atoms with Gasteiger partial charge in [0.05, 0.1) is 10.8 Å². The van der Waals surface area contributed by atoms with Gasteiger partial charge in [0.1, 0.15) is 29.5 Å². The van der Waals surface area contributed by atoms with E-state index in [1.54, 1.807) is 30.3 Å². The maximum Gasteiger partial charge on any atom is 0.355 e. The molecule has 31 heavy (non-hydrogen) atoms. The molecule has 2 unspecified atom stereocenters. The zero-order valence-electron chi connectivity index (χ0n) is 16.1. The highest BCUT2D eigenvalue weighted by Gasteiger charge is 2.58. The molecular weight excluding hydrogens is 491 g/mol. The van der Waals surface area contributed by atoms with Gasteiger partial charge >= 0.3 is 5.97 Å². The Labute approximate surface area is 195 Å². The van der Waals surface area contributed by atoms with Crippen LogP contribution in [-0.2, 0) is 29.9 Å². The number of para-hydroxylation sites is 1. The maximum absolute atomic E-state index is 12.8. The second kappa shape index (κ2) is 9.20. The minimum absolute atomic E-state index is 0.134. The lowest BCUT2D eigenvalue weighted by Gasteiger charge is -2.49. The summed E-state index contributed by atoms with van der Waals surface area (Å²) in [4.78, 5) is 38.6. The highest BCUT2D eigenvalue weighted by atomic mass is 35.6. The van der Waals surface area contributed by atoms with Gasteiger partial charge in [-0.1, -0.05) is 59.6 Å². The number of β-lactam (4-membered cyclic amide) rings is 1. The van der Waals surface area contributed by atoms with Gasteiger partial charge in [0.15, 0.2) is 6.61 Å². The van der Waals surface area contributed by atoms with E-state index in [9.17, 15) is 18.6 Å². The fourth-order valence-electron chi connectivity index (χ4n) is 3.01. The van der Waals surface area contributed by atoms with Gasteiger partial charge in [0.2, 0.25) is 3.79 Å². The van der Waals surface area contributed by atoms with E-state index in [2.05, 4.69) is 11.9 Å². The summed E-state index contributed by atoms with van der Waals surface area (Å²) in [5.74, 6) is -1.67. The molecule has 3 rings (SSSR count). The molecule has 0 aromatic heterocycles. The van der Waals surface area contributed by atoms with Crippen molar-refractivity contribution in [1.82, 2.24) is 10.2 Å². The average molecular weight is 508 g/mol. The molecular formula is C19H17Cl3N2O6S. The van der Waals surface area contributed by atoms with Crippen LogP contribution in [0.4, 0.5) is 0 Å². The molecule has 2 aliphatic rings. The van der Waals surface area contributed by atoms with Crippen LogP contribution < -0.4 is 10.1 Å². The lowest BCUT2D eigenvalue weighted by atomic mass is 10.0. The Balaban J connectivity index is 1.71. The second-order valence-corrected chi connectivity index (χ2v) is 10.7. The zero-order chi connectivity index (χ0) is 22.9. The first-order chi connectivity index (χ1) is 14.5. The van der Waals surface area contributed by atoms with Crippen molar-refractivity contribution >= 4 is 63.4 Å². The number of hydrogen-bond acceptors (Lipinski definition) is 6. The van der Waals surface area contributed by atoms with Crippen molar-refractivity contribution in [2.75, 3.05) is 13.2 Å². The van der Waals surface area contributed by atoms with Gasteiger partial charge in [-0.3, -0.25) is 18.7 Å². The van der Waals surface area contributed by atoms with Crippen LogP contribution >= 0.6 is 34.8 Å². The molecule has 12 heteroatoms. The van der Waals surface area contributed by atoms with Gasteiger partial charge in [-0.25, -0.2) is 4.79 Å². The third-order valence-electron chi connectivity index (χ3n) is 4.51. The Morgan fingerprint density at radius 1 is 1.26 bits per heavy atom. The van der Waals surface area contributed by atoms with Crippen molar-refractivity contribution in [2.24, 2.45) is 0 Å². The van der Waals surface area contributed by atoms with Crippen LogP contribution in [0, 0.1) is 0 Å². The number of benzene rings is 1. The number of fused-ring (bicyclic) bond motifs is 1. The first kappa shape index (κ1) is 23.6. The van der Waals surface area contributed by atoms with Gasteiger partial charge in [-0.2, -0.15) is 0 Å². The number of nitrogens with zero attached hydrogens (tertiary/aromatic N) is 1. The number of ether oxygens (including phenoxy) is 2. The number of hydrogen-bond donors (Lipinski definition) is 1. The van der Waals surface area contributed by atoms with Crippen LogP contribution in [0.2, 0.25) is 0 Å². The quantitative estimate of drug-likeness (QED) is 0.360. The van der Waals surface area contributed by atoms with Crippen LogP contribution in [0.15, 0.2) is 53.1 Å². The molecule has 0 aliphatic carbocycles. The van der Waals surface area contributed by atoms with Crippen molar-refractivity contribution < 1.29 is 28.1 Å². The Morgan fingerprint density at radius 3 is 2.52 bits per heavy atom. The van der Waals surface area contributed by atoms with E-state index in [-0.39, 0.29) is 22.8 Å².